The number of nitrogens with one attached hydrogen (secondary N) is 1. The van der Waals surface area contributed by atoms with Crippen molar-refractivity contribution >= 4 is 17.5 Å². The van der Waals surface area contributed by atoms with E-state index in [9.17, 15) is 9.59 Å². The second-order valence-electron chi connectivity index (χ2n) is 6.76. The first-order chi connectivity index (χ1) is 12.3. The second kappa shape index (κ2) is 10.8. The van der Waals surface area contributed by atoms with Crippen molar-refractivity contribution in [3.8, 4) is 5.75 Å². The predicted molar refractivity (Wildman–Crippen MR) is 105 cm³/mol. The number of anilines is 1. The molecule has 0 saturated carbocycles. The summed E-state index contributed by atoms with van der Waals surface area (Å²) < 4.78 is 5.10. The van der Waals surface area contributed by atoms with Crippen molar-refractivity contribution in [2.75, 3.05) is 32.6 Å². The van der Waals surface area contributed by atoms with E-state index in [0.29, 0.717) is 5.69 Å². The van der Waals surface area contributed by atoms with Gasteiger partial charge in [0.25, 0.3) is 0 Å². The molecule has 0 spiro atoms. The molecule has 0 fully saturated rings. The van der Waals surface area contributed by atoms with E-state index in [0.717, 1.165) is 18.6 Å². The van der Waals surface area contributed by atoms with Crippen molar-refractivity contribution < 1.29 is 14.3 Å². The van der Waals surface area contributed by atoms with Gasteiger partial charge in [0.2, 0.25) is 11.8 Å². The summed E-state index contributed by atoms with van der Waals surface area (Å²) in [6, 6.07) is 7.54. The lowest BCUT2D eigenvalue weighted by Crippen LogP contribution is -2.49. The van der Waals surface area contributed by atoms with Crippen molar-refractivity contribution in [2.45, 2.75) is 52.6 Å². The molecule has 2 atom stereocenters. The van der Waals surface area contributed by atoms with Gasteiger partial charge in [-0.25, -0.2) is 0 Å². The SMILES string of the molecule is CC[C@@H](C)N(C(=O)CN(C)CC(=O)Nc1ccc(OC)cc1)[C@@H](C)CC. The third-order valence-electron chi connectivity index (χ3n) is 4.61. The highest BCUT2D eigenvalue weighted by Crippen LogP contribution is 2.15. The van der Waals surface area contributed by atoms with Crippen molar-refractivity contribution in [1.82, 2.24) is 9.80 Å². The lowest BCUT2D eigenvalue weighted by Gasteiger charge is -2.35. The Bertz CT molecular complexity index is 564. The summed E-state index contributed by atoms with van der Waals surface area (Å²) in [7, 11) is 3.39. The fraction of sp³-hybridized carbons (Fsp3) is 0.600. The van der Waals surface area contributed by atoms with Gasteiger partial charge in [-0.15, -0.1) is 0 Å². The lowest BCUT2D eigenvalue weighted by molar-refractivity contribution is -0.136. The Labute approximate surface area is 157 Å². The number of methoxy groups -OCH3 is 1. The van der Waals surface area contributed by atoms with Gasteiger partial charge in [-0.3, -0.25) is 14.5 Å². The monoisotopic (exact) mass is 363 g/mol. The van der Waals surface area contributed by atoms with E-state index >= 15 is 0 Å². The fourth-order valence-electron chi connectivity index (χ4n) is 2.81. The summed E-state index contributed by atoms with van der Waals surface area (Å²) in [5.74, 6) is 0.651. The summed E-state index contributed by atoms with van der Waals surface area (Å²) in [5, 5.41) is 2.83. The minimum atomic E-state index is -0.149. The number of carbonyl (C=O) groups excluding carboxylic acids is 2. The average molecular weight is 364 g/mol. The van der Waals surface area contributed by atoms with Gasteiger partial charge >= 0.3 is 0 Å². The molecule has 0 aliphatic rings. The third-order valence-corrected chi connectivity index (χ3v) is 4.61. The van der Waals surface area contributed by atoms with Crippen LogP contribution in [0.2, 0.25) is 0 Å². The molecule has 1 aromatic rings. The topological polar surface area (TPSA) is 61.9 Å². The van der Waals surface area contributed by atoms with Crippen molar-refractivity contribution in [1.29, 1.82) is 0 Å². The number of hydrogen-bond acceptors (Lipinski definition) is 4. The first-order valence-corrected chi connectivity index (χ1v) is 9.25. The fourth-order valence-corrected chi connectivity index (χ4v) is 2.81. The maximum Gasteiger partial charge on any atom is 0.238 e. The largest absolute Gasteiger partial charge is 0.497 e. The van der Waals surface area contributed by atoms with Crippen molar-refractivity contribution in [2.24, 2.45) is 0 Å². The van der Waals surface area contributed by atoms with Gasteiger partial charge in [-0.05, 0) is 58.0 Å². The molecule has 0 heterocycles. The molecular formula is C20H33N3O3. The van der Waals surface area contributed by atoms with E-state index in [1.165, 1.54) is 0 Å². The maximum absolute atomic E-state index is 12.7. The van der Waals surface area contributed by atoms with E-state index in [-0.39, 0.29) is 37.0 Å². The third kappa shape index (κ3) is 6.67. The number of amides is 2. The van der Waals surface area contributed by atoms with E-state index in [1.54, 1.807) is 43.3 Å². The molecule has 0 saturated heterocycles. The van der Waals surface area contributed by atoms with Crippen LogP contribution in [0.5, 0.6) is 5.75 Å². The zero-order chi connectivity index (χ0) is 19.7. The number of rotatable bonds is 10. The van der Waals surface area contributed by atoms with Gasteiger partial charge < -0.3 is 15.0 Å². The Morgan fingerprint density at radius 2 is 1.58 bits per heavy atom. The Morgan fingerprint density at radius 1 is 1.04 bits per heavy atom. The molecule has 1 N–H and O–H groups in total. The molecule has 1 rings (SSSR count). The standard InChI is InChI=1S/C20H33N3O3/c1-7-15(3)23(16(4)8-2)20(25)14-22(5)13-19(24)21-17-9-11-18(26-6)12-10-17/h9-12,15-16H,7-8,13-14H2,1-6H3,(H,21,24)/t15-,16+. The van der Waals surface area contributed by atoms with Crippen LogP contribution in [0.3, 0.4) is 0 Å². The van der Waals surface area contributed by atoms with E-state index in [1.807, 2.05) is 4.90 Å². The number of benzene rings is 1. The van der Waals surface area contributed by atoms with Gasteiger partial charge in [0, 0.05) is 17.8 Å². The Hall–Kier alpha value is -2.08. The van der Waals surface area contributed by atoms with Crippen molar-refractivity contribution in [3.05, 3.63) is 24.3 Å². The lowest BCUT2D eigenvalue weighted by atomic mass is 10.1. The molecule has 6 heteroatoms. The summed E-state index contributed by atoms with van der Waals surface area (Å²) in [4.78, 5) is 28.6. The number of hydrogen-bond donors (Lipinski definition) is 1. The molecule has 0 aliphatic carbocycles. The molecule has 0 radical (unpaired) electrons. The zero-order valence-electron chi connectivity index (χ0n) is 16.9. The van der Waals surface area contributed by atoms with Crippen LogP contribution in [0, 0.1) is 0 Å². The Kier molecular flexibility index (Phi) is 9.13. The van der Waals surface area contributed by atoms with Crippen LogP contribution < -0.4 is 10.1 Å². The van der Waals surface area contributed by atoms with Gasteiger partial charge in [0.15, 0.2) is 0 Å². The van der Waals surface area contributed by atoms with Gasteiger partial charge in [0.1, 0.15) is 5.75 Å². The first-order valence-electron chi connectivity index (χ1n) is 9.25. The minimum absolute atomic E-state index is 0.0634. The van der Waals surface area contributed by atoms with E-state index in [4.69, 9.17) is 4.74 Å². The first kappa shape index (κ1) is 22.0. The smallest absolute Gasteiger partial charge is 0.238 e. The summed E-state index contributed by atoms with van der Waals surface area (Å²) in [6.07, 6.45) is 1.83. The van der Waals surface area contributed by atoms with E-state index in [2.05, 4.69) is 33.0 Å². The molecule has 2 amide bonds. The van der Waals surface area contributed by atoms with Gasteiger partial charge in [-0.1, -0.05) is 13.8 Å². The van der Waals surface area contributed by atoms with Gasteiger partial charge in [-0.2, -0.15) is 0 Å². The summed E-state index contributed by atoms with van der Waals surface area (Å²) in [5.41, 5.74) is 0.705. The van der Waals surface area contributed by atoms with Crippen molar-refractivity contribution in [3.63, 3.8) is 0 Å². The normalized spacial score (nSPS) is 13.2. The van der Waals surface area contributed by atoms with Crippen LogP contribution in [0.25, 0.3) is 0 Å². The number of ether oxygens (including phenoxy) is 1. The van der Waals surface area contributed by atoms with Crippen LogP contribution in [-0.2, 0) is 9.59 Å². The Morgan fingerprint density at radius 3 is 2.04 bits per heavy atom. The molecule has 0 unspecified atom stereocenters. The molecular weight excluding hydrogens is 330 g/mol. The quantitative estimate of drug-likeness (QED) is 0.694. The highest BCUT2D eigenvalue weighted by molar-refractivity contribution is 5.92. The second-order valence-corrected chi connectivity index (χ2v) is 6.76. The van der Waals surface area contributed by atoms with Crippen LogP contribution in [-0.4, -0.2) is 60.9 Å². The number of carbonyl (C=O) groups is 2. The zero-order valence-corrected chi connectivity index (χ0v) is 16.9. The van der Waals surface area contributed by atoms with E-state index < -0.39 is 0 Å². The van der Waals surface area contributed by atoms with Crippen LogP contribution in [0.15, 0.2) is 24.3 Å². The average Bonchev–Trinajstić information content (AvgIpc) is 2.61. The minimum Gasteiger partial charge on any atom is -0.497 e. The molecule has 0 bridgehead atoms. The van der Waals surface area contributed by atoms with Crippen LogP contribution >= 0.6 is 0 Å². The van der Waals surface area contributed by atoms with Crippen LogP contribution in [0.1, 0.15) is 40.5 Å². The highest BCUT2D eigenvalue weighted by atomic mass is 16.5. The molecule has 0 aromatic heterocycles. The molecule has 26 heavy (non-hydrogen) atoms. The van der Waals surface area contributed by atoms with Gasteiger partial charge in [0.05, 0.1) is 20.2 Å². The predicted octanol–water partition coefficient (Wildman–Crippen LogP) is 2.99. The molecule has 0 aliphatic heterocycles. The number of likely N-dealkylation sites (N-methyl/N-ethyl adjacent to an activating group) is 1. The summed E-state index contributed by atoms with van der Waals surface area (Å²) >= 11 is 0. The molecule has 146 valence electrons. The van der Waals surface area contributed by atoms with Crippen LogP contribution in [0.4, 0.5) is 5.69 Å². The molecule has 6 nitrogen and oxygen atoms in total. The Balaban J connectivity index is 2.58. The molecule has 1 aromatic carbocycles. The highest BCUT2D eigenvalue weighted by Gasteiger charge is 2.24. The summed E-state index contributed by atoms with van der Waals surface area (Å²) in [6.45, 7) is 8.69. The number of nitrogens with zero attached hydrogens (tertiary/aromatic N) is 2. The maximum atomic E-state index is 12.7.